The summed E-state index contributed by atoms with van der Waals surface area (Å²) in [4.78, 5) is 8.49. The Kier molecular flexibility index (Phi) is 2.20. The monoisotopic (exact) mass is 267 g/mol. The van der Waals surface area contributed by atoms with Gasteiger partial charge in [-0.3, -0.25) is 0 Å². The van der Waals surface area contributed by atoms with E-state index in [0.717, 1.165) is 10.4 Å². The van der Waals surface area contributed by atoms with Crippen molar-refractivity contribution in [3.63, 3.8) is 0 Å². The van der Waals surface area contributed by atoms with Crippen LogP contribution in [0.15, 0.2) is 16.9 Å². The standard InChI is InChI=1S/C11H14BrN3/c12-8-6-13-10(14-7-8)15-9-5-11(9)3-1-2-4-11/h6-7,9H,1-5H2,(H,13,14,15). The average molecular weight is 268 g/mol. The van der Waals surface area contributed by atoms with Crippen molar-refractivity contribution in [2.24, 2.45) is 5.41 Å². The zero-order valence-corrected chi connectivity index (χ0v) is 10.1. The van der Waals surface area contributed by atoms with E-state index in [-0.39, 0.29) is 0 Å². The lowest BCUT2D eigenvalue weighted by molar-refractivity contribution is 0.519. The number of nitrogens with one attached hydrogen (secondary N) is 1. The van der Waals surface area contributed by atoms with Crippen LogP contribution in [-0.4, -0.2) is 16.0 Å². The van der Waals surface area contributed by atoms with E-state index >= 15 is 0 Å². The first-order valence-electron chi connectivity index (χ1n) is 5.53. The molecule has 1 aromatic rings. The van der Waals surface area contributed by atoms with Gasteiger partial charge in [0.15, 0.2) is 0 Å². The molecule has 0 aliphatic heterocycles. The van der Waals surface area contributed by atoms with Crippen molar-refractivity contribution in [3.05, 3.63) is 16.9 Å². The first-order chi connectivity index (χ1) is 7.28. The summed E-state index contributed by atoms with van der Waals surface area (Å²) in [5, 5.41) is 3.43. The van der Waals surface area contributed by atoms with Crippen LogP contribution in [0.1, 0.15) is 32.1 Å². The summed E-state index contributed by atoms with van der Waals surface area (Å²) in [6, 6.07) is 0.626. The van der Waals surface area contributed by atoms with Crippen LogP contribution in [-0.2, 0) is 0 Å². The van der Waals surface area contributed by atoms with Gasteiger partial charge >= 0.3 is 0 Å². The molecule has 1 heterocycles. The molecule has 2 aliphatic rings. The Hall–Kier alpha value is -0.640. The summed E-state index contributed by atoms with van der Waals surface area (Å²) in [6.45, 7) is 0. The van der Waals surface area contributed by atoms with E-state index in [9.17, 15) is 0 Å². The average Bonchev–Trinajstić information content (AvgIpc) is 2.69. The summed E-state index contributed by atoms with van der Waals surface area (Å²) in [6.07, 6.45) is 10.5. The van der Waals surface area contributed by atoms with Crippen LogP contribution in [0.2, 0.25) is 0 Å². The van der Waals surface area contributed by atoms with E-state index in [0.29, 0.717) is 11.5 Å². The minimum absolute atomic E-state index is 0.608. The van der Waals surface area contributed by atoms with Crippen molar-refractivity contribution in [2.75, 3.05) is 5.32 Å². The van der Waals surface area contributed by atoms with Crippen LogP contribution >= 0.6 is 15.9 Å². The van der Waals surface area contributed by atoms with E-state index in [1.807, 2.05) is 0 Å². The summed E-state index contributed by atoms with van der Waals surface area (Å²) in [7, 11) is 0. The molecular formula is C11H14BrN3. The number of hydrogen-bond donors (Lipinski definition) is 1. The molecule has 3 rings (SSSR count). The van der Waals surface area contributed by atoms with Crippen LogP contribution in [0.4, 0.5) is 5.95 Å². The number of aromatic nitrogens is 2. The van der Waals surface area contributed by atoms with E-state index in [1.54, 1.807) is 12.4 Å². The van der Waals surface area contributed by atoms with Crippen molar-refractivity contribution >= 4 is 21.9 Å². The SMILES string of the molecule is Brc1cnc(NC2CC23CCCC3)nc1. The van der Waals surface area contributed by atoms with Gasteiger partial charge in [-0.15, -0.1) is 0 Å². The smallest absolute Gasteiger partial charge is 0.222 e. The zero-order valence-electron chi connectivity index (χ0n) is 8.54. The van der Waals surface area contributed by atoms with Crippen molar-refractivity contribution in [3.8, 4) is 0 Å². The molecule has 1 N–H and O–H groups in total. The Bertz CT molecular complexity index is 357. The molecule has 0 saturated heterocycles. The second-order valence-electron chi connectivity index (χ2n) is 4.70. The molecule has 1 spiro atoms. The molecule has 0 radical (unpaired) electrons. The lowest BCUT2D eigenvalue weighted by atomic mass is 10.1. The maximum Gasteiger partial charge on any atom is 0.222 e. The molecule has 0 bridgehead atoms. The van der Waals surface area contributed by atoms with Crippen LogP contribution in [0.3, 0.4) is 0 Å². The number of rotatable bonds is 2. The Morgan fingerprint density at radius 3 is 2.60 bits per heavy atom. The third kappa shape index (κ3) is 1.75. The molecule has 0 amide bonds. The highest BCUT2D eigenvalue weighted by atomic mass is 79.9. The quantitative estimate of drug-likeness (QED) is 0.896. The highest BCUT2D eigenvalue weighted by molar-refractivity contribution is 9.10. The van der Waals surface area contributed by atoms with Gasteiger partial charge in [0, 0.05) is 18.4 Å². The normalized spacial score (nSPS) is 26.9. The summed E-state index contributed by atoms with van der Waals surface area (Å²) >= 11 is 3.33. The van der Waals surface area contributed by atoms with Gasteiger partial charge in [0.25, 0.3) is 0 Å². The molecule has 2 saturated carbocycles. The maximum atomic E-state index is 4.24. The van der Waals surface area contributed by atoms with Gasteiger partial charge in [-0.25, -0.2) is 9.97 Å². The molecule has 15 heavy (non-hydrogen) atoms. The largest absolute Gasteiger partial charge is 0.351 e. The van der Waals surface area contributed by atoms with Crippen LogP contribution in [0.5, 0.6) is 0 Å². The van der Waals surface area contributed by atoms with Crippen molar-refractivity contribution in [1.29, 1.82) is 0 Å². The lowest BCUT2D eigenvalue weighted by Crippen LogP contribution is -2.12. The predicted octanol–water partition coefficient (Wildman–Crippen LogP) is 2.98. The molecule has 1 atom stereocenters. The Balaban J connectivity index is 1.65. The molecule has 2 aliphatic carbocycles. The Morgan fingerprint density at radius 1 is 1.27 bits per heavy atom. The van der Waals surface area contributed by atoms with Gasteiger partial charge in [0.2, 0.25) is 5.95 Å². The van der Waals surface area contributed by atoms with Crippen LogP contribution in [0, 0.1) is 5.41 Å². The first-order valence-corrected chi connectivity index (χ1v) is 6.32. The zero-order chi connectivity index (χ0) is 10.3. The topological polar surface area (TPSA) is 37.8 Å². The molecule has 80 valence electrons. The molecule has 3 nitrogen and oxygen atoms in total. The number of hydrogen-bond acceptors (Lipinski definition) is 3. The van der Waals surface area contributed by atoms with Gasteiger partial charge in [-0.05, 0) is 40.6 Å². The number of halogens is 1. The Morgan fingerprint density at radius 2 is 1.93 bits per heavy atom. The van der Waals surface area contributed by atoms with E-state index < -0.39 is 0 Å². The van der Waals surface area contributed by atoms with Gasteiger partial charge in [0.05, 0.1) is 4.47 Å². The fraction of sp³-hybridized carbons (Fsp3) is 0.636. The van der Waals surface area contributed by atoms with E-state index in [1.165, 1.54) is 32.1 Å². The molecule has 1 unspecified atom stereocenters. The fourth-order valence-electron chi connectivity index (χ4n) is 2.73. The third-order valence-corrected chi connectivity index (χ3v) is 4.12. The molecular weight excluding hydrogens is 254 g/mol. The molecule has 4 heteroatoms. The predicted molar refractivity (Wildman–Crippen MR) is 62.7 cm³/mol. The summed E-state index contributed by atoms with van der Waals surface area (Å²) in [5.74, 6) is 0.770. The first kappa shape index (κ1) is 9.58. The van der Waals surface area contributed by atoms with E-state index in [2.05, 4.69) is 31.2 Å². The molecule has 0 aromatic carbocycles. The van der Waals surface area contributed by atoms with Crippen LogP contribution < -0.4 is 5.32 Å². The van der Waals surface area contributed by atoms with Crippen molar-refractivity contribution in [1.82, 2.24) is 9.97 Å². The van der Waals surface area contributed by atoms with Gasteiger partial charge in [0.1, 0.15) is 0 Å². The highest BCUT2D eigenvalue weighted by Gasteiger charge is 2.55. The summed E-state index contributed by atoms with van der Waals surface area (Å²) in [5.41, 5.74) is 0.608. The highest BCUT2D eigenvalue weighted by Crippen LogP contribution is 2.58. The fourth-order valence-corrected chi connectivity index (χ4v) is 2.93. The minimum atomic E-state index is 0.608. The van der Waals surface area contributed by atoms with Crippen LogP contribution in [0.25, 0.3) is 0 Å². The summed E-state index contributed by atoms with van der Waals surface area (Å²) < 4.78 is 0.930. The Labute approximate surface area is 97.8 Å². The van der Waals surface area contributed by atoms with Gasteiger partial charge < -0.3 is 5.32 Å². The maximum absolute atomic E-state index is 4.24. The number of anilines is 1. The second-order valence-corrected chi connectivity index (χ2v) is 5.61. The van der Waals surface area contributed by atoms with Crippen molar-refractivity contribution in [2.45, 2.75) is 38.1 Å². The number of nitrogens with zero attached hydrogens (tertiary/aromatic N) is 2. The van der Waals surface area contributed by atoms with Crippen molar-refractivity contribution < 1.29 is 0 Å². The second kappa shape index (κ2) is 3.44. The molecule has 1 aromatic heterocycles. The lowest BCUT2D eigenvalue weighted by Gasteiger charge is -2.09. The van der Waals surface area contributed by atoms with Gasteiger partial charge in [-0.1, -0.05) is 12.8 Å². The van der Waals surface area contributed by atoms with E-state index in [4.69, 9.17) is 0 Å². The minimum Gasteiger partial charge on any atom is -0.351 e. The molecule has 2 fully saturated rings. The third-order valence-electron chi connectivity index (χ3n) is 3.71. The van der Waals surface area contributed by atoms with Gasteiger partial charge in [-0.2, -0.15) is 0 Å².